The van der Waals surface area contributed by atoms with Gasteiger partial charge in [-0.15, -0.1) is 0 Å². The van der Waals surface area contributed by atoms with Crippen molar-refractivity contribution in [2.45, 2.75) is 20.0 Å². The van der Waals surface area contributed by atoms with Gasteiger partial charge in [-0.05, 0) is 40.6 Å². The molecule has 0 saturated carbocycles. The third kappa shape index (κ3) is 4.80. The molecule has 8 nitrogen and oxygen atoms in total. The molecule has 0 bridgehead atoms. The third-order valence-electron chi connectivity index (χ3n) is 4.50. The van der Waals surface area contributed by atoms with Crippen LogP contribution in [-0.4, -0.2) is 28.8 Å². The molecule has 0 saturated heterocycles. The van der Waals surface area contributed by atoms with E-state index in [9.17, 15) is 9.59 Å². The van der Waals surface area contributed by atoms with Gasteiger partial charge in [0.15, 0.2) is 0 Å². The van der Waals surface area contributed by atoms with Gasteiger partial charge in [-0.3, -0.25) is 5.32 Å². The van der Waals surface area contributed by atoms with E-state index in [1.807, 2.05) is 43.3 Å². The number of anilines is 1. The molecule has 3 aromatic rings. The summed E-state index contributed by atoms with van der Waals surface area (Å²) in [6, 6.07) is 13.2. The Morgan fingerprint density at radius 2 is 1.83 bits per heavy atom. The number of nitrogens with two attached hydrogens (primary N) is 1. The highest BCUT2D eigenvalue weighted by molar-refractivity contribution is 6.01. The maximum absolute atomic E-state index is 11.9. The number of carbonyl (C=O) groups excluding carboxylic acids is 1. The molecule has 3 amide bonds. The first-order valence-corrected chi connectivity index (χ1v) is 9.24. The molecule has 0 aliphatic carbocycles. The number of aromatic nitrogens is 1. The molecule has 1 aromatic heterocycles. The lowest BCUT2D eigenvalue weighted by Gasteiger charge is -2.14. The average molecular weight is 393 g/mol. The number of carboxylic acid groups (broad SMARTS) is 1. The summed E-state index contributed by atoms with van der Waals surface area (Å²) in [7, 11) is 0. The number of benzene rings is 2. The van der Waals surface area contributed by atoms with Gasteiger partial charge in [0.2, 0.25) is 0 Å². The van der Waals surface area contributed by atoms with Crippen molar-refractivity contribution in [3.63, 3.8) is 0 Å². The monoisotopic (exact) mass is 393 g/mol. The van der Waals surface area contributed by atoms with E-state index in [0.29, 0.717) is 18.9 Å². The number of nitrogens with zero attached hydrogens (tertiary/aromatic N) is 1. The van der Waals surface area contributed by atoms with Crippen LogP contribution in [0.25, 0.3) is 21.9 Å². The van der Waals surface area contributed by atoms with Gasteiger partial charge in [0.1, 0.15) is 5.82 Å². The normalized spacial score (nSPS) is 10.6. The molecular weight excluding hydrogens is 370 g/mol. The fraction of sp³-hybridized carbons (Fsp3) is 0.190. The summed E-state index contributed by atoms with van der Waals surface area (Å²) in [6.07, 6.45) is 0.551. The average Bonchev–Trinajstić information content (AvgIpc) is 2.72. The topological polar surface area (TPSA) is 129 Å². The number of urea groups is 1. The van der Waals surface area contributed by atoms with Crippen LogP contribution in [0.15, 0.2) is 48.7 Å². The molecule has 29 heavy (non-hydrogen) atoms. The molecule has 0 radical (unpaired) electrons. The summed E-state index contributed by atoms with van der Waals surface area (Å²) in [5.41, 5.74) is 9.44. The molecular formula is C21H23N5O3. The van der Waals surface area contributed by atoms with Crippen molar-refractivity contribution in [2.75, 3.05) is 11.9 Å². The van der Waals surface area contributed by atoms with Crippen molar-refractivity contribution in [2.24, 2.45) is 5.73 Å². The van der Waals surface area contributed by atoms with E-state index in [4.69, 9.17) is 10.8 Å². The van der Waals surface area contributed by atoms with Crippen LogP contribution in [0.5, 0.6) is 0 Å². The molecule has 2 aromatic carbocycles. The Hall–Kier alpha value is -3.65. The van der Waals surface area contributed by atoms with Crippen LogP contribution in [0, 0.1) is 0 Å². The lowest BCUT2D eigenvalue weighted by molar-refractivity contribution is 0.194. The van der Waals surface area contributed by atoms with E-state index in [1.165, 1.54) is 0 Å². The molecule has 0 aliphatic rings. The van der Waals surface area contributed by atoms with Gasteiger partial charge in [0.25, 0.3) is 0 Å². The minimum atomic E-state index is -1.10. The lowest BCUT2D eigenvalue weighted by Crippen LogP contribution is -2.28. The van der Waals surface area contributed by atoms with Gasteiger partial charge in [-0.25, -0.2) is 14.6 Å². The van der Waals surface area contributed by atoms with E-state index in [0.717, 1.165) is 33.0 Å². The summed E-state index contributed by atoms with van der Waals surface area (Å²) in [4.78, 5) is 27.1. The fourth-order valence-electron chi connectivity index (χ4n) is 3.08. The van der Waals surface area contributed by atoms with Crippen molar-refractivity contribution in [1.29, 1.82) is 0 Å². The maximum atomic E-state index is 11.9. The molecule has 6 N–H and O–H groups in total. The van der Waals surface area contributed by atoms with Crippen molar-refractivity contribution in [3.8, 4) is 11.1 Å². The van der Waals surface area contributed by atoms with Crippen molar-refractivity contribution < 1.29 is 14.7 Å². The molecule has 0 spiro atoms. The van der Waals surface area contributed by atoms with E-state index in [-0.39, 0.29) is 12.6 Å². The van der Waals surface area contributed by atoms with Gasteiger partial charge in [-0.2, -0.15) is 0 Å². The van der Waals surface area contributed by atoms with Crippen LogP contribution in [0.3, 0.4) is 0 Å². The highest BCUT2D eigenvalue weighted by Gasteiger charge is 2.12. The summed E-state index contributed by atoms with van der Waals surface area (Å²) >= 11 is 0. The first-order chi connectivity index (χ1) is 14.0. The molecule has 3 rings (SSSR count). The Morgan fingerprint density at radius 3 is 2.48 bits per heavy atom. The number of amides is 3. The summed E-state index contributed by atoms with van der Waals surface area (Å²) < 4.78 is 0. The summed E-state index contributed by atoms with van der Waals surface area (Å²) in [5.74, 6) is 0.409. The predicted octanol–water partition coefficient (Wildman–Crippen LogP) is 3.27. The van der Waals surface area contributed by atoms with Crippen LogP contribution in [0.1, 0.15) is 18.1 Å². The third-order valence-corrected chi connectivity index (χ3v) is 4.50. The van der Waals surface area contributed by atoms with Crippen LogP contribution < -0.4 is 21.7 Å². The number of pyridine rings is 1. The summed E-state index contributed by atoms with van der Waals surface area (Å²) in [6.45, 7) is 2.95. The zero-order valence-corrected chi connectivity index (χ0v) is 16.0. The zero-order chi connectivity index (χ0) is 20.8. The first kappa shape index (κ1) is 20.1. The number of rotatable bonds is 6. The smallest absolute Gasteiger partial charge is 0.404 e. The van der Waals surface area contributed by atoms with Gasteiger partial charge < -0.3 is 21.5 Å². The fourth-order valence-corrected chi connectivity index (χ4v) is 3.08. The van der Waals surface area contributed by atoms with Crippen molar-refractivity contribution in [1.82, 2.24) is 15.6 Å². The van der Waals surface area contributed by atoms with E-state index in [2.05, 4.69) is 20.9 Å². The Bertz CT molecular complexity index is 1030. The standard InChI is InChI=1S/C21H23N5O3/c1-2-23-20(27)26-19-9-17-16(14-5-3-13(10-22)4-6-14)8-7-15(11-25-21(28)29)18(17)12-24-19/h3-9,12,25H,2,10-11,22H2,1H3,(H,28,29)(H2,23,24,26,27). The van der Waals surface area contributed by atoms with E-state index < -0.39 is 6.09 Å². The number of carbonyl (C=O) groups is 2. The van der Waals surface area contributed by atoms with Crippen LogP contribution >= 0.6 is 0 Å². The Kier molecular flexibility index (Phi) is 6.25. The molecule has 150 valence electrons. The highest BCUT2D eigenvalue weighted by Crippen LogP contribution is 2.32. The molecule has 0 aliphatic heterocycles. The lowest BCUT2D eigenvalue weighted by atomic mass is 9.95. The van der Waals surface area contributed by atoms with Gasteiger partial charge in [0.05, 0.1) is 0 Å². The Labute approximate surface area is 168 Å². The van der Waals surface area contributed by atoms with Crippen molar-refractivity contribution >= 4 is 28.7 Å². The molecule has 0 unspecified atom stereocenters. The molecule has 0 fully saturated rings. The maximum Gasteiger partial charge on any atom is 0.404 e. The molecule has 1 heterocycles. The number of hydrogen-bond donors (Lipinski definition) is 5. The van der Waals surface area contributed by atoms with Gasteiger partial charge >= 0.3 is 12.1 Å². The quantitative estimate of drug-likeness (QED) is 0.439. The second kappa shape index (κ2) is 9.03. The van der Waals surface area contributed by atoms with Crippen molar-refractivity contribution in [3.05, 3.63) is 59.8 Å². The van der Waals surface area contributed by atoms with Crippen LogP contribution in [0.2, 0.25) is 0 Å². The molecule has 8 heteroatoms. The Balaban J connectivity index is 2.09. The first-order valence-electron chi connectivity index (χ1n) is 9.24. The van der Waals surface area contributed by atoms with Crippen LogP contribution in [-0.2, 0) is 13.1 Å². The van der Waals surface area contributed by atoms with Crippen LogP contribution in [0.4, 0.5) is 15.4 Å². The number of hydrogen-bond acceptors (Lipinski definition) is 4. The van der Waals surface area contributed by atoms with Gasteiger partial charge in [0, 0.05) is 31.2 Å². The Morgan fingerprint density at radius 1 is 1.07 bits per heavy atom. The second-order valence-electron chi connectivity index (χ2n) is 6.43. The van der Waals surface area contributed by atoms with Gasteiger partial charge in [-0.1, -0.05) is 36.4 Å². The largest absolute Gasteiger partial charge is 0.465 e. The highest BCUT2D eigenvalue weighted by atomic mass is 16.4. The minimum absolute atomic E-state index is 0.156. The predicted molar refractivity (Wildman–Crippen MR) is 113 cm³/mol. The van der Waals surface area contributed by atoms with E-state index in [1.54, 1.807) is 12.3 Å². The SMILES string of the molecule is CCNC(=O)Nc1cc2c(-c3ccc(CN)cc3)ccc(CNC(=O)O)c2cn1. The number of fused-ring (bicyclic) bond motifs is 1. The number of nitrogens with one attached hydrogen (secondary N) is 3. The summed E-state index contributed by atoms with van der Waals surface area (Å²) in [5, 5.41) is 18.4. The zero-order valence-electron chi connectivity index (χ0n) is 16.0. The second-order valence-corrected chi connectivity index (χ2v) is 6.43. The minimum Gasteiger partial charge on any atom is -0.465 e. The van der Waals surface area contributed by atoms with E-state index >= 15 is 0 Å². The molecule has 0 atom stereocenters.